The highest BCUT2D eigenvalue weighted by Crippen LogP contribution is 1.90. The van der Waals surface area contributed by atoms with Crippen LogP contribution in [0.5, 0.6) is 0 Å². The van der Waals surface area contributed by atoms with Crippen molar-refractivity contribution >= 4 is 11.9 Å². The van der Waals surface area contributed by atoms with E-state index >= 15 is 0 Å². The molecule has 1 aliphatic heterocycles. The van der Waals surface area contributed by atoms with Gasteiger partial charge in [0.25, 0.3) is 0 Å². The summed E-state index contributed by atoms with van der Waals surface area (Å²) < 4.78 is 4.69. The smallest absolute Gasteiger partial charge is 0.302 e. The Morgan fingerprint density at radius 2 is 2.42 bits per heavy atom. The van der Waals surface area contributed by atoms with Crippen LogP contribution in [0.3, 0.4) is 0 Å². The zero-order valence-electron chi connectivity index (χ0n) is 6.92. The molecule has 0 unspecified atom stereocenters. The van der Waals surface area contributed by atoms with E-state index in [1.165, 1.54) is 6.92 Å². The molecule has 0 aliphatic carbocycles. The number of amides is 1. The molecule has 0 aromatic carbocycles. The van der Waals surface area contributed by atoms with Crippen LogP contribution < -0.4 is 10.6 Å². The topological polar surface area (TPSA) is 67.4 Å². The summed E-state index contributed by atoms with van der Waals surface area (Å²) >= 11 is 0. The second-order valence-electron chi connectivity index (χ2n) is 2.60. The predicted octanol–water partition coefficient (Wildman–Crippen LogP) is -1.36. The lowest BCUT2D eigenvalue weighted by Gasteiger charge is -2.22. The first-order valence-corrected chi connectivity index (χ1v) is 3.84. The number of hydrogen-bond donors (Lipinski definition) is 2. The highest BCUT2D eigenvalue weighted by Gasteiger charge is 2.21. The van der Waals surface area contributed by atoms with Crippen molar-refractivity contribution in [1.82, 2.24) is 10.6 Å². The van der Waals surface area contributed by atoms with Gasteiger partial charge in [0.05, 0.1) is 0 Å². The Hall–Kier alpha value is -1.10. The molecule has 1 heterocycles. The molecular weight excluding hydrogens is 160 g/mol. The van der Waals surface area contributed by atoms with Crippen LogP contribution in [-0.4, -0.2) is 37.6 Å². The van der Waals surface area contributed by atoms with Crippen molar-refractivity contribution < 1.29 is 14.3 Å². The van der Waals surface area contributed by atoms with Crippen molar-refractivity contribution in [3.05, 3.63) is 0 Å². The van der Waals surface area contributed by atoms with Crippen molar-refractivity contribution in [2.75, 3.05) is 19.7 Å². The molecule has 1 fully saturated rings. The molecular formula is C7H12N2O3. The molecule has 1 rings (SSSR count). The summed E-state index contributed by atoms with van der Waals surface area (Å²) in [6.07, 6.45) is 0. The first-order chi connectivity index (χ1) is 5.70. The minimum absolute atomic E-state index is 0.109. The fourth-order valence-corrected chi connectivity index (χ4v) is 0.983. The Labute approximate surface area is 70.5 Å². The highest BCUT2D eigenvalue weighted by molar-refractivity contribution is 5.82. The van der Waals surface area contributed by atoms with Crippen LogP contribution in [0.25, 0.3) is 0 Å². The van der Waals surface area contributed by atoms with E-state index in [1.807, 2.05) is 0 Å². The van der Waals surface area contributed by atoms with Gasteiger partial charge < -0.3 is 15.4 Å². The molecule has 1 amide bonds. The summed E-state index contributed by atoms with van der Waals surface area (Å²) in [4.78, 5) is 21.5. The van der Waals surface area contributed by atoms with Gasteiger partial charge in [-0.05, 0) is 0 Å². The molecule has 0 spiro atoms. The van der Waals surface area contributed by atoms with Gasteiger partial charge in [-0.3, -0.25) is 9.59 Å². The first-order valence-electron chi connectivity index (χ1n) is 3.84. The monoisotopic (exact) mass is 172 g/mol. The molecule has 1 saturated heterocycles. The number of esters is 1. The lowest BCUT2D eigenvalue weighted by molar-refractivity contribution is -0.143. The number of carbonyl (C=O) groups excluding carboxylic acids is 2. The average molecular weight is 172 g/mol. The molecule has 5 nitrogen and oxygen atoms in total. The standard InChI is InChI=1S/C7H12N2O3/c1-5(10)12-4-6-7(11)9-3-2-8-6/h6,8H,2-4H2,1H3,(H,9,11)/t6-/m1/s1. The van der Waals surface area contributed by atoms with E-state index in [9.17, 15) is 9.59 Å². The van der Waals surface area contributed by atoms with Crippen LogP contribution in [0.15, 0.2) is 0 Å². The van der Waals surface area contributed by atoms with Crippen LogP contribution in [0, 0.1) is 0 Å². The molecule has 0 bridgehead atoms. The SMILES string of the molecule is CC(=O)OC[C@H]1NCCNC1=O. The van der Waals surface area contributed by atoms with E-state index in [0.717, 1.165) is 6.54 Å². The summed E-state index contributed by atoms with van der Waals surface area (Å²) in [6, 6.07) is -0.386. The van der Waals surface area contributed by atoms with Crippen molar-refractivity contribution in [1.29, 1.82) is 0 Å². The Kier molecular flexibility index (Phi) is 3.04. The Bertz CT molecular complexity index is 193. The minimum Gasteiger partial charge on any atom is -0.464 e. The third-order valence-corrected chi connectivity index (χ3v) is 1.58. The third kappa shape index (κ3) is 2.50. The van der Waals surface area contributed by atoms with E-state index in [4.69, 9.17) is 0 Å². The van der Waals surface area contributed by atoms with E-state index < -0.39 is 0 Å². The fraction of sp³-hybridized carbons (Fsp3) is 0.714. The van der Waals surface area contributed by atoms with Gasteiger partial charge in [0.1, 0.15) is 12.6 Å². The van der Waals surface area contributed by atoms with Crippen LogP contribution in [-0.2, 0) is 14.3 Å². The van der Waals surface area contributed by atoms with E-state index in [-0.39, 0.29) is 24.5 Å². The molecule has 12 heavy (non-hydrogen) atoms. The second-order valence-corrected chi connectivity index (χ2v) is 2.60. The molecule has 0 aromatic heterocycles. The number of rotatable bonds is 2. The molecule has 0 radical (unpaired) electrons. The largest absolute Gasteiger partial charge is 0.464 e. The molecule has 0 aromatic rings. The zero-order chi connectivity index (χ0) is 8.97. The Morgan fingerprint density at radius 3 is 3.00 bits per heavy atom. The second kappa shape index (κ2) is 4.06. The van der Waals surface area contributed by atoms with Crippen molar-refractivity contribution in [2.45, 2.75) is 13.0 Å². The van der Waals surface area contributed by atoms with Crippen LogP contribution >= 0.6 is 0 Å². The number of carbonyl (C=O) groups is 2. The van der Waals surface area contributed by atoms with E-state index in [0.29, 0.717) is 6.54 Å². The molecule has 1 aliphatic rings. The van der Waals surface area contributed by atoms with Crippen LogP contribution in [0.1, 0.15) is 6.92 Å². The molecule has 68 valence electrons. The van der Waals surface area contributed by atoms with Crippen LogP contribution in [0.4, 0.5) is 0 Å². The van der Waals surface area contributed by atoms with E-state index in [2.05, 4.69) is 15.4 Å². The van der Waals surface area contributed by atoms with Gasteiger partial charge in [-0.25, -0.2) is 0 Å². The first kappa shape index (κ1) is 8.99. The maximum atomic E-state index is 11.0. The zero-order valence-corrected chi connectivity index (χ0v) is 6.92. The van der Waals surface area contributed by atoms with Crippen molar-refractivity contribution in [3.8, 4) is 0 Å². The third-order valence-electron chi connectivity index (χ3n) is 1.58. The van der Waals surface area contributed by atoms with Gasteiger partial charge in [-0.2, -0.15) is 0 Å². The Balaban J connectivity index is 2.29. The van der Waals surface area contributed by atoms with Gasteiger partial charge in [-0.1, -0.05) is 0 Å². The van der Waals surface area contributed by atoms with Gasteiger partial charge in [-0.15, -0.1) is 0 Å². The van der Waals surface area contributed by atoms with Gasteiger partial charge in [0, 0.05) is 20.0 Å². The van der Waals surface area contributed by atoms with Crippen molar-refractivity contribution in [2.24, 2.45) is 0 Å². The molecule has 2 N–H and O–H groups in total. The lowest BCUT2D eigenvalue weighted by atomic mass is 10.2. The summed E-state index contributed by atoms with van der Waals surface area (Å²) in [5, 5.41) is 5.60. The summed E-state index contributed by atoms with van der Waals surface area (Å²) in [6.45, 7) is 2.79. The molecule has 1 atom stereocenters. The number of hydrogen-bond acceptors (Lipinski definition) is 4. The van der Waals surface area contributed by atoms with Crippen molar-refractivity contribution in [3.63, 3.8) is 0 Å². The van der Waals surface area contributed by atoms with Gasteiger partial charge in [0.15, 0.2) is 0 Å². The predicted molar refractivity (Wildman–Crippen MR) is 41.4 cm³/mol. The normalized spacial score (nSPS) is 23.1. The van der Waals surface area contributed by atoms with Gasteiger partial charge in [0.2, 0.25) is 5.91 Å². The summed E-state index contributed by atoms with van der Waals surface area (Å²) in [5.41, 5.74) is 0. The Morgan fingerprint density at radius 1 is 1.67 bits per heavy atom. The molecule has 0 saturated carbocycles. The van der Waals surface area contributed by atoms with E-state index in [1.54, 1.807) is 0 Å². The maximum Gasteiger partial charge on any atom is 0.302 e. The summed E-state index contributed by atoms with van der Waals surface area (Å²) in [7, 11) is 0. The number of ether oxygens (including phenoxy) is 1. The van der Waals surface area contributed by atoms with Crippen LogP contribution in [0.2, 0.25) is 0 Å². The number of piperazine rings is 1. The number of nitrogens with one attached hydrogen (secondary N) is 2. The maximum absolute atomic E-state index is 11.0. The quantitative estimate of drug-likeness (QED) is 0.505. The molecule has 5 heteroatoms. The highest BCUT2D eigenvalue weighted by atomic mass is 16.5. The lowest BCUT2D eigenvalue weighted by Crippen LogP contribution is -2.54. The average Bonchev–Trinajstić information content (AvgIpc) is 2.03. The fourth-order valence-electron chi connectivity index (χ4n) is 0.983. The van der Waals surface area contributed by atoms with Gasteiger partial charge >= 0.3 is 5.97 Å². The summed E-state index contributed by atoms with van der Waals surface area (Å²) in [5.74, 6) is -0.474. The minimum atomic E-state index is -0.386.